The number of hydrogen-bond acceptors (Lipinski definition) is 3. The highest BCUT2D eigenvalue weighted by atomic mass is 35.5. The molecule has 0 saturated carbocycles. The van der Waals surface area contributed by atoms with Crippen molar-refractivity contribution in [1.82, 2.24) is 4.98 Å². The number of thiazole rings is 1. The number of aromatic nitrogens is 1. The van der Waals surface area contributed by atoms with Gasteiger partial charge in [0.2, 0.25) is 0 Å². The lowest BCUT2D eigenvalue weighted by atomic mass is 10.1. The molecule has 0 aliphatic carbocycles. The molecule has 0 fully saturated rings. The maximum atomic E-state index is 6.09. The first-order valence-electron chi connectivity index (χ1n) is 4.58. The number of fused-ring (bicyclic) bond motifs is 1. The second-order valence-corrected chi connectivity index (χ2v) is 5.23. The Hall–Kier alpha value is -0.930. The number of hydrogen-bond donors (Lipinski definition) is 0. The molecule has 1 aromatic carbocycles. The molecule has 0 atom stereocenters. The third-order valence-corrected chi connectivity index (χ3v) is 4.13. The first-order valence-corrected chi connectivity index (χ1v) is 5.77. The summed E-state index contributed by atoms with van der Waals surface area (Å²) < 4.78 is 1.02. The molecule has 0 aliphatic heterocycles. The minimum atomic E-state index is -0.340. The summed E-state index contributed by atoms with van der Waals surface area (Å²) in [5, 5.41) is 1.69. The minimum absolute atomic E-state index is 0.340. The van der Waals surface area contributed by atoms with E-state index in [2.05, 4.69) is 16.7 Å². The van der Waals surface area contributed by atoms with Gasteiger partial charge in [-0.05, 0) is 32.7 Å². The van der Waals surface area contributed by atoms with Gasteiger partial charge in [-0.25, -0.2) is 4.98 Å². The number of rotatable bonds is 2. The van der Waals surface area contributed by atoms with E-state index in [1.54, 1.807) is 11.3 Å². The Labute approximate surface area is 97.6 Å². The summed E-state index contributed by atoms with van der Waals surface area (Å²) in [4.78, 5) is 8.59. The lowest BCUT2D eigenvalue weighted by Crippen LogP contribution is -2.12. The van der Waals surface area contributed by atoms with E-state index >= 15 is 0 Å². The molecule has 2 aromatic rings. The van der Waals surface area contributed by atoms with E-state index in [-0.39, 0.29) is 5.54 Å². The van der Waals surface area contributed by atoms with Gasteiger partial charge in [-0.1, -0.05) is 17.7 Å². The monoisotopic (exact) mass is 238 g/mol. The number of benzene rings is 1. The van der Waals surface area contributed by atoms with Crippen LogP contribution in [-0.2, 0) is 5.54 Å². The minimum Gasteiger partial charge on any atom is -0.288 e. The van der Waals surface area contributed by atoms with Gasteiger partial charge in [-0.2, -0.15) is 0 Å². The number of nitrogens with zero attached hydrogens (tertiary/aromatic N) is 2. The smallest absolute Gasteiger partial charge is 0.121 e. The fourth-order valence-electron chi connectivity index (χ4n) is 1.24. The molecule has 0 saturated heterocycles. The quantitative estimate of drug-likeness (QED) is 0.729. The van der Waals surface area contributed by atoms with Crippen LogP contribution in [0.1, 0.15) is 18.9 Å². The third kappa shape index (κ3) is 1.77. The largest absolute Gasteiger partial charge is 0.288 e. The molecule has 15 heavy (non-hydrogen) atoms. The molecule has 0 unspecified atom stereocenters. The van der Waals surface area contributed by atoms with Crippen LogP contribution in [0.4, 0.5) is 0 Å². The van der Waals surface area contributed by atoms with Crippen molar-refractivity contribution in [3.8, 4) is 0 Å². The molecule has 0 N–H and O–H groups in total. The van der Waals surface area contributed by atoms with Crippen LogP contribution < -0.4 is 0 Å². The number of halogens is 1. The van der Waals surface area contributed by atoms with Crippen LogP contribution in [0.2, 0.25) is 5.02 Å². The predicted molar refractivity (Wildman–Crippen MR) is 67.2 cm³/mol. The zero-order valence-corrected chi connectivity index (χ0v) is 10.2. The zero-order chi connectivity index (χ0) is 11.1. The van der Waals surface area contributed by atoms with Gasteiger partial charge in [0, 0.05) is 0 Å². The van der Waals surface area contributed by atoms with Crippen LogP contribution in [0, 0.1) is 0 Å². The predicted octanol–water partition coefficient (Wildman–Crippen LogP) is 3.89. The van der Waals surface area contributed by atoms with Crippen molar-refractivity contribution in [2.24, 2.45) is 4.99 Å². The van der Waals surface area contributed by atoms with Crippen LogP contribution >= 0.6 is 22.9 Å². The molecule has 0 spiro atoms. The van der Waals surface area contributed by atoms with Crippen molar-refractivity contribution in [2.75, 3.05) is 0 Å². The van der Waals surface area contributed by atoms with Gasteiger partial charge in [-0.3, -0.25) is 4.99 Å². The summed E-state index contributed by atoms with van der Waals surface area (Å²) in [7, 11) is 0. The lowest BCUT2D eigenvalue weighted by molar-refractivity contribution is 0.560. The van der Waals surface area contributed by atoms with E-state index in [9.17, 15) is 0 Å². The average Bonchev–Trinajstić information content (AvgIpc) is 2.64. The molecule has 1 aromatic heterocycles. The van der Waals surface area contributed by atoms with E-state index in [4.69, 9.17) is 11.6 Å². The molecular formula is C11H11ClN2S. The van der Waals surface area contributed by atoms with E-state index in [0.29, 0.717) is 0 Å². The number of aliphatic imine (C=N–C) groups is 1. The van der Waals surface area contributed by atoms with E-state index in [1.807, 2.05) is 32.0 Å². The van der Waals surface area contributed by atoms with Crippen LogP contribution in [0.25, 0.3) is 10.2 Å². The van der Waals surface area contributed by atoms with Gasteiger partial charge in [0.1, 0.15) is 10.5 Å². The highest BCUT2D eigenvalue weighted by Gasteiger charge is 2.22. The highest BCUT2D eigenvalue weighted by Crippen LogP contribution is 2.35. The Morgan fingerprint density at radius 3 is 2.80 bits per heavy atom. The molecule has 0 amide bonds. The van der Waals surface area contributed by atoms with Gasteiger partial charge in [0.05, 0.1) is 15.2 Å². The summed E-state index contributed by atoms with van der Waals surface area (Å²) in [6.45, 7) is 7.57. The second-order valence-electron chi connectivity index (χ2n) is 3.82. The van der Waals surface area contributed by atoms with Gasteiger partial charge in [0.15, 0.2) is 0 Å². The van der Waals surface area contributed by atoms with Crippen LogP contribution in [0.15, 0.2) is 23.2 Å². The van der Waals surface area contributed by atoms with Gasteiger partial charge in [0.25, 0.3) is 0 Å². The van der Waals surface area contributed by atoms with Crippen molar-refractivity contribution in [1.29, 1.82) is 0 Å². The topological polar surface area (TPSA) is 25.2 Å². The summed E-state index contributed by atoms with van der Waals surface area (Å²) in [6.07, 6.45) is 0. The molecule has 0 bridgehead atoms. The van der Waals surface area contributed by atoms with E-state index in [0.717, 1.165) is 20.2 Å². The van der Waals surface area contributed by atoms with Gasteiger partial charge >= 0.3 is 0 Å². The fourth-order valence-corrected chi connectivity index (χ4v) is 2.57. The van der Waals surface area contributed by atoms with E-state index in [1.165, 1.54) is 0 Å². The zero-order valence-electron chi connectivity index (χ0n) is 8.62. The van der Waals surface area contributed by atoms with Gasteiger partial charge in [-0.15, -0.1) is 11.3 Å². The normalized spacial score (nSPS) is 11.9. The molecule has 4 heteroatoms. The van der Waals surface area contributed by atoms with Crippen molar-refractivity contribution < 1.29 is 0 Å². The first kappa shape index (κ1) is 10.6. The molecule has 78 valence electrons. The SMILES string of the molecule is C=NC(C)(C)c1nc2cccc(Cl)c2s1. The van der Waals surface area contributed by atoms with Crippen LogP contribution in [0.5, 0.6) is 0 Å². The van der Waals surface area contributed by atoms with Crippen molar-refractivity contribution in [3.05, 3.63) is 28.2 Å². The summed E-state index contributed by atoms with van der Waals surface area (Å²) >= 11 is 7.67. The summed E-state index contributed by atoms with van der Waals surface area (Å²) in [5.74, 6) is 0. The maximum absolute atomic E-state index is 6.09. The van der Waals surface area contributed by atoms with Crippen molar-refractivity contribution in [2.45, 2.75) is 19.4 Å². The first-order chi connectivity index (χ1) is 7.04. The fraction of sp³-hybridized carbons (Fsp3) is 0.273. The molecule has 1 heterocycles. The average molecular weight is 239 g/mol. The molecule has 2 rings (SSSR count). The molecular weight excluding hydrogens is 228 g/mol. The maximum Gasteiger partial charge on any atom is 0.121 e. The standard InChI is InChI=1S/C11H11ClN2S/c1-11(2,13-3)10-14-8-6-4-5-7(12)9(8)15-10/h4-6H,3H2,1-2H3. The Morgan fingerprint density at radius 2 is 2.20 bits per heavy atom. The van der Waals surface area contributed by atoms with Crippen LogP contribution in [0.3, 0.4) is 0 Å². The van der Waals surface area contributed by atoms with Crippen LogP contribution in [-0.4, -0.2) is 11.7 Å². The third-order valence-electron chi connectivity index (χ3n) is 2.29. The van der Waals surface area contributed by atoms with Crippen molar-refractivity contribution >= 4 is 39.9 Å². The van der Waals surface area contributed by atoms with E-state index < -0.39 is 0 Å². The molecule has 2 nitrogen and oxygen atoms in total. The Bertz CT molecular complexity index is 516. The molecule has 0 radical (unpaired) electrons. The highest BCUT2D eigenvalue weighted by molar-refractivity contribution is 7.19. The molecule has 0 aliphatic rings. The van der Waals surface area contributed by atoms with Crippen molar-refractivity contribution in [3.63, 3.8) is 0 Å². The second kappa shape index (κ2) is 3.58. The summed E-state index contributed by atoms with van der Waals surface area (Å²) in [6, 6.07) is 5.74. The lowest BCUT2D eigenvalue weighted by Gasteiger charge is -2.14. The summed E-state index contributed by atoms with van der Waals surface area (Å²) in [5.41, 5.74) is 0.590. The Kier molecular flexibility index (Phi) is 2.52. The Morgan fingerprint density at radius 1 is 1.47 bits per heavy atom. The van der Waals surface area contributed by atoms with Gasteiger partial charge < -0.3 is 0 Å². The Balaban J connectivity index is 2.67.